The van der Waals surface area contributed by atoms with Gasteiger partial charge in [-0.25, -0.2) is 4.39 Å². The Kier molecular flexibility index (Phi) is 3.44. The Morgan fingerprint density at radius 3 is 3.10 bits per heavy atom. The van der Waals surface area contributed by atoms with Crippen molar-refractivity contribution in [3.8, 4) is 0 Å². The molecule has 104 valence electrons. The van der Waals surface area contributed by atoms with Crippen molar-refractivity contribution in [2.24, 2.45) is 0 Å². The highest BCUT2D eigenvalue weighted by molar-refractivity contribution is 6.33. The number of amides is 1. The van der Waals surface area contributed by atoms with Crippen LogP contribution in [0.2, 0.25) is 5.02 Å². The molecule has 1 aromatic carbocycles. The van der Waals surface area contributed by atoms with E-state index in [1.807, 2.05) is 10.7 Å². The monoisotopic (exact) mass is 293 g/mol. The quantitative estimate of drug-likeness (QED) is 0.924. The minimum atomic E-state index is -0.601. The lowest BCUT2D eigenvalue weighted by atomic mass is 10.0. The molecule has 6 heteroatoms. The second kappa shape index (κ2) is 5.25. The molecule has 0 fully saturated rings. The van der Waals surface area contributed by atoms with E-state index >= 15 is 0 Å². The molecule has 0 unspecified atom stereocenters. The van der Waals surface area contributed by atoms with Gasteiger partial charge in [-0.3, -0.25) is 9.48 Å². The first-order chi connectivity index (χ1) is 9.65. The lowest BCUT2D eigenvalue weighted by molar-refractivity contribution is 0.0926. The molecule has 1 amide bonds. The summed E-state index contributed by atoms with van der Waals surface area (Å²) in [5.74, 6) is -1.07. The number of hydrogen-bond donors (Lipinski definition) is 1. The molecule has 1 N–H and O–H groups in total. The highest BCUT2D eigenvalue weighted by Crippen LogP contribution is 2.20. The van der Waals surface area contributed by atoms with Crippen molar-refractivity contribution in [1.82, 2.24) is 15.1 Å². The second-order valence-electron chi connectivity index (χ2n) is 4.81. The first-order valence-electron chi connectivity index (χ1n) is 6.40. The average molecular weight is 294 g/mol. The Hall–Kier alpha value is -1.88. The van der Waals surface area contributed by atoms with E-state index in [0.29, 0.717) is 6.42 Å². The third-order valence-electron chi connectivity index (χ3n) is 3.47. The van der Waals surface area contributed by atoms with Gasteiger partial charge in [0, 0.05) is 30.9 Å². The van der Waals surface area contributed by atoms with E-state index in [-0.39, 0.29) is 16.6 Å². The molecule has 1 aliphatic rings. The predicted octanol–water partition coefficient (Wildman–Crippen LogP) is 2.42. The van der Waals surface area contributed by atoms with Gasteiger partial charge in [0.2, 0.25) is 0 Å². The van der Waals surface area contributed by atoms with Crippen LogP contribution in [0.4, 0.5) is 4.39 Å². The maximum absolute atomic E-state index is 13.7. The maximum atomic E-state index is 13.7. The number of nitrogens with one attached hydrogen (secondary N) is 1. The van der Waals surface area contributed by atoms with Gasteiger partial charge in [-0.1, -0.05) is 17.7 Å². The standard InChI is InChI=1S/C14H13ClFN3O/c15-11-2-1-3-12(16)13(11)14(20)18-9-5-7-19-10(8-9)4-6-17-19/h1-4,6,9H,5,7-8H2,(H,18,20)/t9-/m0/s1. The van der Waals surface area contributed by atoms with Crippen LogP contribution in [-0.2, 0) is 13.0 Å². The van der Waals surface area contributed by atoms with Crippen molar-refractivity contribution in [3.63, 3.8) is 0 Å². The van der Waals surface area contributed by atoms with Crippen LogP contribution in [0.25, 0.3) is 0 Å². The van der Waals surface area contributed by atoms with Crippen molar-refractivity contribution in [1.29, 1.82) is 0 Å². The van der Waals surface area contributed by atoms with Crippen LogP contribution in [0.3, 0.4) is 0 Å². The zero-order valence-corrected chi connectivity index (χ0v) is 11.4. The molecule has 2 aromatic rings. The number of rotatable bonds is 2. The Morgan fingerprint density at radius 2 is 2.30 bits per heavy atom. The van der Waals surface area contributed by atoms with E-state index in [4.69, 9.17) is 11.6 Å². The first-order valence-corrected chi connectivity index (χ1v) is 6.78. The molecule has 0 radical (unpaired) electrons. The molecular weight excluding hydrogens is 281 g/mol. The lowest BCUT2D eigenvalue weighted by Crippen LogP contribution is -2.40. The molecule has 1 atom stereocenters. The molecule has 1 aliphatic heterocycles. The average Bonchev–Trinajstić information content (AvgIpc) is 2.85. The van der Waals surface area contributed by atoms with Crippen LogP contribution >= 0.6 is 11.6 Å². The van der Waals surface area contributed by atoms with Crippen molar-refractivity contribution in [3.05, 3.63) is 52.6 Å². The van der Waals surface area contributed by atoms with E-state index in [1.54, 1.807) is 6.20 Å². The number of nitrogens with zero attached hydrogens (tertiary/aromatic N) is 2. The number of carbonyl (C=O) groups excluding carboxylic acids is 1. The van der Waals surface area contributed by atoms with Crippen LogP contribution in [0.1, 0.15) is 22.5 Å². The molecule has 0 bridgehead atoms. The molecule has 0 spiro atoms. The van der Waals surface area contributed by atoms with E-state index in [9.17, 15) is 9.18 Å². The molecular formula is C14H13ClFN3O. The van der Waals surface area contributed by atoms with Gasteiger partial charge >= 0.3 is 0 Å². The summed E-state index contributed by atoms with van der Waals surface area (Å²) < 4.78 is 15.6. The third-order valence-corrected chi connectivity index (χ3v) is 3.79. The van der Waals surface area contributed by atoms with Crippen molar-refractivity contribution >= 4 is 17.5 Å². The zero-order chi connectivity index (χ0) is 14.1. The van der Waals surface area contributed by atoms with E-state index in [1.165, 1.54) is 18.2 Å². The normalized spacial score (nSPS) is 17.6. The fourth-order valence-electron chi connectivity index (χ4n) is 2.46. The van der Waals surface area contributed by atoms with E-state index < -0.39 is 11.7 Å². The van der Waals surface area contributed by atoms with Gasteiger partial charge in [-0.05, 0) is 24.6 Å². The third kappa shape index (κ3) is 2.41. The van der Waals surface area contributed by atoms with Gasteiger partial charge in [0.15, 0.2) is 0 Å². The predicted molar refractivity (Wildman–Crippen MR) is 73.2 cm³/mol. The van der Waals surface area contributed by atoms with Gasteiger partial charge in [0.25, 0.3) is 5.91 Å². The number of aryl methyl sites for hydroxylation is 1. The highest BCUT2D eigenvalue weighted by atomic mass is 35.5. The lowest BCUT2D eigenvalue weighted by Gasteiger charge is -2.24. The largest absolute Gasteiger partial charge is 0.349 e. The smallest absolute Gasteiger partial charge is 0.256 e. The Balaban J connectivity index is 1.74. The number of fused-ring (bicyclic) bond motifs is 1. The summed E-state index contributed by atoms with van der Waals surface area (Å²) in [6.45, 7) is 0.748. The van der Waals surface area contributed by atoms with Gasteiger partial charge in [0.1, 0.15) is 5.82 Å². The van der Waals surface area contributed by atoms with Crippen LogP contribution in [-0.4, -0.2) is 21.7 Å². The topological polar surface area (TPSA) is 46.9 Å². The minimum Gasteiger partial charge on any atom is -0.349 e. The summed E-state index contributed by atoms with van der Waals surface area (Å²) >= 11 is 5.89. The van der Waals surface area contributed by atoms with Crippen molar-refractivity contribution < 1.29 is 9.18 Å². The SMILES string of the molecule is O=C(N[C@H]1CCn2nccc2C1)c1c(F)cccc1Cl. The summed E-state index contributed by atoms with van der Waals surface area (Å²) in [5.41, 5.74) is 0.981. The summed E-state index contributed by atoms with van der Waals surface area (Å²) in [7, 11) is 0. The molecule has 0 saturated heterocycles. The second-order valence-corrected chi connectivity index (χ2v) is 5.21. The summed E-state index contributed by atoms with van der Waals surface area (Å²) in [5, 5.41) is 7.15. The van der Waals surface area contributed by atoms with Gasteiger partial charge in [-0.15, -0.1) is 0 Å². The van der Waals surface area contributed by atoms with E-state index in [2.05, 4.69) is 10.4 Å². The number of benzene rings is 1. The minimum absolute atomic E-state index is 0.0256. The maximum Gasteiger partial charge on any atom is 0.256 e. The fraction of sp³-hybridized carbons (Fsp3) is 0.286. The van der Waals surface area contributed by atoms with E-state index in [0.717, 1.165) is 18.7 Å². The first kappa shape index (κ1) is 13.1. The number of halogens is 2. The molecule has 3 rings (SSSR count). The molecule has 2 heterocycles. The van der Waals surface area contributed by atoms with Crippen molar-refractivity contribution in [2.75, 3.05) is 0 Å². The highest BCUT2D eigenvalue weighted by Gasteiger charge is 2.23. The molecule has 20 heavy (non-hydrogen) atoms. The van der Waals surface area contributed by atoms with Crippen molar-refractivity contribution in [2.45, 2.75) is 25.4 Å². The summed E-state index contributed by atoms with van der Waals surface area (Å²) in [6, 6.07) is 6.12. The number of aromatic nitrogens is 2. The Morgan fingerprint density at radius 1 is 1.45 bits per heavy atom. The van der Waals surface area contributed by atoms with Gasteiger partial charge in [0.05, 0.1) is 10.6 Å². The number of hydrogen-bond acceptors (Lipinski definition) is 2. The zero-order valence-electron chi connectivity index (χ0n) is 10.6. The molecule has 4 nitrogen and oxygen atoms in total. The Labute approximate surface area is 120 Å². The number of carbonyl (C=O) groups is 1. The Bertz CT molecular complexity index is 635. The molecule has 0 aliphatic carbocycles. The van der Waals surface area contributed by atoms with Crippen LogP contribution < -0.4 is 5.32 Å². The van der Waals surface area contributed by atoms with Gasteiger partial charge < -0.3 is 5.32 Å². The fourth-order valence-corrected chi connectivity index (χ4v) is 2.71. The van der Waals surface area contributed by atoms with Crippen LogP contribution in [0, 0.1) is 5.82 Å². The van der Waals surface area contributed by atoms with Crippen LogP contribution in [0.5, 0.6) is 0 Å². The molecule has 1 aromatic heterocycles. The summed E-state index contributed by atoms with van der Waals surface area (Å²) in [4.78, 5) is 12.1. The van der Waals surface area contributed by atoms with Gasteiger partial charge in [-0.2, -0.15) is 5.10 Å². The van der Waals surface area contributed by atoms with Crippen LogP contribution in [0.15, 0.2) is 30.5 Å². The summed E-state index contributed by atoms with van der Waals surface area (Å²) in [6.07, 6.45) is 3.21. The molecule has 0 saturated carbocycles.